The van der Waals surface area contributed by atoms with Crippen LogP contribution in [0.3, 0.4) is 0 Å². The van der Waals surface area contributed by atoms with Crippen molar-refractivity contribution < 1.29 is 22.3 Å². The summed E-state index contributed by atoms with van der Waals surface area (Å²) in [6.07, 6.45) is 0. The Morgan fingerprint density at radius 3 is 2.43 bits per heavy atom. The zero-order chi connectivity index (χ0) is 17.0. The summed E-state index contributed by atoms with van der Waals surface area (Å²) in [7, 11) is -3.83. The van der Waals surface area contributed by atoms with E-state index in [0.717, 1.165) is 12.1 Å². The Hall–Kier alpha value is -2.61. The summed E-state index contributed by atoms with van der Waals surface area (Å²) in [5.41, 5.74) is 5.57. The maximum atomic E-state index is 13.1. The SMILES string of the molecule is Cc1cc(F)ccc1S(=O)(=O)Nc1ccc(OCC(N)=O)cc1. The number of carbonyl (C=O) groups excluding carboxylic acids is 1. The molecule has 0 aliphatic rings. The molecule has 1 amide bonds. The summed E-state index contributed by atoms with van der Waals surface area (Å²) in [5, 5.41) is 0. The van der Waals surface area contributed by atoms with Crippen LogP contribution in [-0.4, -0.2) is 20.9 Å². The number of hydrogen-bond donors (Lipinski definition) is 2. The molecule has 6 nitrogen and oxygen atoms in total. The number of rotatable bonds is 6. The van der Waals surface area contributed by atoms with E-state index >= 15 is 0 Å². The molecule has 23 heavy (non-hydrogen) atoms. The average Bonchev–Trinajstić information content (AvgIpc) is 2.45. The van der Waals surface area contributed by atoms with Gasteiger partial charge in [0.1, 0.15) is 11.6 Å². The Bertz CT molecular complexity index is 820. The predicted molar refractivity (Wildman–Crippen MR) is 83.1 cm³/mol. The summed E-state index contributed by atoms with van der Waals surface area (Å²) in [5.74, 6) is -0.733. The zero-order valence-corrected chi connectivity index (χ0v) is 13.1. The van der Waals surface area contributed by atoms with E-state index in [0.29, 0.717) is 17.0 Å². The van der Waals surface area contributed by atoms with E-state index in [1.54, 1.807) is 0 Å². The predicted octanol–water partition coefficient (Wildman–Crippen LogP) is 1.80. The number of nitrogens with two attached hydrogens (primary N) is 1. The average molecular weight is 338 g/mol. The van der Waals surface area contributed by atoms with E-state index in [4.69, 9.17) is 10.5 Å². The lowest BCUT2D eigenvalue weighted by Crippen LogP contribution is -2.20. The quantitative estimate of drug-likeness (QED) is 0.839. The molecule has 0 fully saturated rings. The fourth-order valence-electron chi connectivity index (χ4n) is 1.90. The molecule has 0 atom stereocenters. The molecule has 3 N–H and O–H groups in total. The minimum atomic E-state index is -3.83. The summed E-state index contributed by atoms with van der Waals surface area (Å²) in [4.78, 5) is 10.6. The molecule has 122 valence electrons. The highest BCUT2D eigenvalue weighted by Gasteiger charge is 2.17. The van der Waals surface area contributed by atoms with Gasteiger partial charge in [-0.05, 0) is 55.0 Å². The first-order chi connectivity index (χ1) is 10.8. The van der Waals surface area contributed by atoms with E-state index in [1.807, 2.05) is 0 Å². The second-order valence-electron chi connectivity index (χ2n) is 4.79. The number of benzene rings is 2. The first-order valence-corrected chi connectivity index (χ1v) is 8.06. The van der Waals surface area contributed by atoms with Gasteiger partial charge in [-0.1, -0.05) is 0 Å². The molecule has 0 spiro atoms. The van der Waals surface area contributed by atoms with Gasteiger partial charge in [0.05, 0.1) is 4.90 Å². The maximum absolute atomic E-state index is 13.1. The lowest BCUT2D eigenvalue weighted by atomic mass is 10.2. The molecule has 0 aliphatic heterocycles. The third kappa shape index (κ3) is 4.43. The number of ether oxygens (including phenoxy) is 1. The molecule has 0 bridgehead atoms. The first kappa shape index (κ1) is 16.8. The van der Waals surface area contributed by atoms with Crippen molar-refractivity contribution in [2.45, 2.75) is 11.8 Å². The lowest BCUT2D eigenvalue weighted by Gasteiger charge is -2.11. The van der Waals surface area contributed by atoms with Gasteiger partial charge < -0.3 is 10.5 Å². The Balaban J connectivity index is 2.15. The third-order valence-electron chi connectivity index (χ3n) is 2.91. The fourth-order valence-corrected chi connectivity index (χ4v) is 3.18. The molecule has 0 saturated heterocycles. The van der Waals surface area contributed by atoms with Crippen molar-refractivity contribution in [3.8, 4) is 5.75 Å². The van der Waals surface area contributed by atoms with Gasteiger partial charge >= 0.3 is 0 Å². The molecule has 0 aromatic heterocycles. The Kier molecular flexibility index (Phi) is 4.85. The number of hydrogen-bond acceptors (Lipinski definition) is 4. The normalized spacial score (nSPS) is 11.0. The number of aryl methyl sites for hydroxylation is 1. The van der Waals surface area contributed by atoms with Gasteiger partial charge in [-0.2, -0.15) is 0 Å². The minimum Gasteiger partial charge on any atom is -0.484 e. The summed E-state index contributed by atoms with van der Waals surface area (Å²) in [6, 6.07) is 9.39. The summed E-state index contributed by atoms with van der Waals surface area (Å²) >= 11 is 0. The highest BCUT2D eigenvalue weighted by atomic mass is 32.2. The van der Waals surface area contributed by atoms with Crippen LogP contribution >= 0.6 is 0 Å². The first-order valence-electron chi connectivity index (χ1n) is 6.58. The van der Waals surface area contributed by atoms with Gasteiger partial charge in [0.25, 0.3) is 15.9 Å². The van der Waals surface area contributed by atoms with Crippen LogP contribution in [0.15, 0.2) is 47.4 Å². The van der Waals surface area contributed by atoms with Crippen LogP contribution < -0.4 is 15.2 Å². The van der Waals surface area contributed by atoms with Crippen LogP contribution in [0.2, 0.25) is 0 Å². The number of sulfonamides is 1. The van der Waals surface area contributed by atoms with Gasteiger partial charge in [0.15, 0.2) is 6.61 Å². The molecule has 2 rings (SSSR count). The lowest BCUT2D eigenvalue weighted by molar-refractivity contribution is -0.119. The molecule has 0 unspecified atom stereocenters. The van der Waals surface area contributed by atoms with Crippen molar-refractivity contribution in [3.05, 3.63) is 53.8 Å². The molecule has 2 aromatic carbocycles. The minimum absolute atomic E-state index is 0.00652. The van der Waals surface area contributed by atoms with Gasteiger partial charge in [-0.3, -0.25) is 9.52 Å². The molecule has 2 aromatic rings. The van der Waals surface area contributed by atoms with Crippen LogP contribution in [0.1, 0.15) is 5.56 Å². The fraction of sp³-hybridized carbons (Fsp3) is 0.133. The molecule has 0 radical (unpaired) electrons. The van der Waals surface area contributed by atoms with Crippen molar-refractivity contribution in [2.75, 3.05) is 11.3 Å². The third-order valence-corrected chi connectivity index (χ3v) is 4.46. The molecular formula is C15H15FN2O4S. The van der Waals surface area contributed by atoms with Gasteiger partial charge in [0, 0.05) is 5.69 Å². The zero-order valence-electron chi connectivity index (χ0n) is 12.2. The Morgan fingerprint density at radius 2 is 1.87 bits per heavy atom. The van der Waals surface area contributed by atoms with Gasteiger partial charge in [0.2, 0.25) is 0 Å². The van der Waals surface area contributed by atoms with Crippen LogP contribution in [0, 0.1) is 12.7 Å². The van der Waals surface area contributed by atoms with E-state index in [2.05, 4.69) is 4.72 Å². The van der Waals surface area contributed by atoms with E-state index in [9.17, 15) is 17.6 Å². The standard InChI is InChI=1S/C15H15FN2O4S/c1-10-8-11(16)2-7-14(10)23(20,21)18-12-3-5-13(6-4-12)22-9-15(17)19/h2-8,18H,9H2,1H3,(H2,17,19). The Morgan fingerprint density at radius 1 is 1.22 bits per heavy atom. The van der Waals surface area contributed by atoms with E-state index in [1.165, 1.54) is 37.3 Å². The van der Waals surface area contributed by atoms with Gasteiger partial charge in [-0.25, -0.2) is 12.8 Å². The van der Waals surface area contributed by atoms with Crippen molar-refractivity contribution in [1.82, 2.24) is 0 Å². The second kappa shape index (κ2) is 6.66. The topological polar surface area (TPSA) is 98.5 Å². The largest absolute Gasteiger partial charge is 0.484 e. The number of amides is 1. The van der Waals surface area contributed by atoms with Crippen molar-refractivity contribution >= 4 is 21.6 Å². The van der Waals surface area contributed by atoms with Crippen molar-refractivity contribution in [2.24, 2.45) is 5.73 Å². The maximum Gasteiger partial charge on any atom is 0.262 e. The number of nitrogens with one attached hydrogen (secondary N) is 1. The van der Waals surface area contributed by atoms with Crippen LogP contribution in [0.5, 0.6) is 5.75 Å². The summed E-state index contributed by atoms with van der Waals surface area (Å²) < 4.78 is 45.2. The number of carbonyl (C=O) groups is 1. The van der Waals surface area contributed by atoms with Crippen LogP contribution in [-0.2, 0) is 14.8 Å². The van der Waals surface area contributed by atoms with Crippen molar-refractivity contribution in [1.29, 1.82) is 0 Å². The number of primary amides is 1. The monoisotopic (exact) mass is 338 g/mol. The number of halogens is 1. The molecule has 0 saturated carbocycles. The van der Waals surface area contributed by atoms with Gasteiger partial charge in [-0.15, -0.1) is 0 Å². The van der Waals surface area contributed by atoms with Crippen molar-refractivity contribution in [3.63, 3.8) is 0 Å². The smallest absolute Gasteiger partial charge is 0.262 e. The second-order valence-corrected chi connectivity index (χ2v) is 6.45. The van der Waals surface area contributed by atoms with Crippen LogP contribution in [0.4, 0.5) is 10.1 Å². The molecule has 0 heterocycles. The molecular weight excluding hydrogens is 323 g/mol. The summed E-state index contributed by atoms with van der Waals surface area (Å²) in [6.45, 7) is 1.25. The highest BCUT2D eigenvalue weighted by molar-refractivity contribution is 7.92. The molecule has 8 heteroatoms. The number of anilines is 1. The van der Waals surface area contributed by atoms with E-state index in [-0.39, 0.29) is 11.5 Å². The Labute approximate surface area is 133 Å². The molecule has 0 aliphatic carbocycles. The van der Waals surface area contributed by atoms with E-state index < -0.39 is 21.7 Å². The van der Waals surface area contributed by atoms with Crippen LogP contribution in [0.25, 0.3) is 0 Å². The highest BCUT2D eigenvalue weighted by Crippen LogP contribution is 2.22.